The summed E-state index contributed by atoms with van der Waals surface area (Å²) in [5.41, 5.74) is 0.433. The first-order valence-electron chi connectivity index (χ1n) is 9.59. The van der Waals surface area contributed by atoms with Crippen molar-refractivity contribution in [2.45, 2.75) is 37.7 Å². The Labute approximate surface area is 154 Å². The summed E-state index contributed by atoms with van der Waals surface area (Å²) >= 11 is 0. The van der Waals surface area contributed by atoms with Gasteiger partial charge < -0.3 is 14.7 Å². The van der Waals surface area contributed by atoms with Crippen molar-refractivity contribution in [3.05, 3.63) is 42.2 Å². The summed E-state index contributed by atoms with van der Waals surface area (Å²) in [5.74, 6) is 0.551. The van der Waals surface area contributed by atoms with E-state index in [0.29, 0.717) is 24.7 Å². The van der Waals surface area contributed by atoms with E-state index in [1.54, 1.807) is 6.20 Å². The van der Waals surface area contributed by atoms with Gasteiger partial charge in [-0.15, -0.1) is 0 Å². The number of benzene rings is 1. The van der Waals surface area contributed by atoms with Gasteiger partial charge in [-0.25, -0.2) is 0 Å². The first-order chi connectivity index (χ1) is 12.7. The number of nitrogens with zero attached hydrogens (tertiary/aromatic N) is 2. The molecule has 1 atom stereocenters. The molecule has 2 aliphatic rings. The highest BCUT2D eigenvalue weighted by molar-refractivity contribution is 6.05. The monoisotopic (exact) mass is 354 g/mol. The van der Waals surface area contributed by atoms with Gasteiger partial charge in [0.15, 0.2) is 0 Å². The van der Waals surface area contributed by atoms with Gasteiger partial charge in [0.25, 0.3) is 5.91 Å². The number of likely N-dealkylation sites (tertiary alicyclic amines) is 1. The number of fused-ring (bicyclic) bond motifs is 1. The number of amides is 1. The number of aliphatic hydroxyl groups is 1. The molecule has 0 saturated carbocycles. The van der Waals surface area contributed by atoms with E-state index in [1.807, 2.05) is 35.2 Å². The number of piperidine rings is 1. The van der Waals surface area contributed by atoms with Crippen LogP contribution in [0, 0.1) is 5.92 Å². The largest absolute Gasteiger partial charge is 0.396 e. The minimum absolute atomic E-state index is 0.0133. The molecule has 4 rings (SSSR count). The molecule has 26 heavy (non-hydrogen) atoms. The fraction of sp³-hybridized carbons (Fsp3) is 0.524. The third kappa shape index (κ3) is 3.33. The SMILES string of the molecule is O=C(c1nccc2ccccc12)N1CCC2(CC1)CC(CCO)CCO2. The van der Waals surface area contributed by atoms with Crippen LogP contribution in [0.15, 0.2) is 36.5 Å². The van der Waals surface area contributed by atoms with E-state index in [9.17, 15) is 9.90 Å². The quantitative estimate of drug-likeness (QED) is 0.920. The van der Waals surface area contributed by atoms with Crippen LogP contribution in [-0.2, 0) is 4.74 Å². The molecule has 3 heterocycles. The molecule has 1 aromatic heterocycles. The molecule has 0 aliphatic carbocycles. The van der Waals surface area contributed by atoms with E-state index < -0.39 is 0 Å². The molecule has 1 aromatic carbocycles. The van der Waals surface area contributed by atoms with Crippen molar-refractivity contribution in [2.24, 2.45) is 5.92 Å². The summed E-state index contributed by atoms with van der Waals surface area (Å²) in [6.45, 7) is 2.42. The van der Waals surface area contributed by atoms with Crippen molar-refractivity contribution >= 4 is 16.7 Å². The van der Waals surface area contributed by atoms with Crippen LogP contribution >= 0.6 is 0 Å². The average Bonchev–Trinajstić information content (AvgIpc) is 2.68. The van der Waals surface area contributed by atoms with Gasteiger partial charge in [0, 0.05) is 37.9 Å². The van der Waals surface area contributed by atoms with Crippen molar-refractivity contribution in [1.82, 2.24) is 9.88 Å². The predicted octanol–water partition coefficient (Wildman–Crippen LogP) is 3.02. The number of carbonyl (C=O) groups excluding carboxylic acids is 1. The number of aromatic nitrogens is 1. The average molecular weight is 354 g/mol. The Bertz CT molecular complexity index is 776. The molecule has 2 saturated heterocycles. The Morgan fingerprint density at radius 2 is 2.08 bits per heavy atom. The summed E-state index contributed by atoms with van der Waals surface area (Å²) < 4.78 is 6.15. The van der Waals surface area contributed by atoms with Crippen LogP contribution in [0.25, 0.3) is 10.8 Å². The maximum Gasteiger partial charge on any atom is 0.273 e. The van der Waals surface area contributed by atoms with Gasteiger partial charge in [0.05, 0.1) is 5.60 Å². The van der Waals surface area contributed by atoms with Crippen molar-refractivity contribution in [3.63, 3.8) is 0 Å². The summed E-state index contributed by atoms with van der Waals surface area (Å²) in [7, 11) is 0. The predicted molar refractivity (Wildman–Crippen MR) is 100.0 cm³/mol. The normalized spacial score (nSPS) is 22.7. The number of rotatable bonds is 3. The van der Waals surface area contributed by atoms with E-state index in [2.05, 4.69) is 4.98 Å². The topological polar surface area (TPSA) is 62.7 Å². The molecule has 1 unspecified atom stereocenters. The number of carbonyl (C=O) groups is 1. The highest BCUT2D eigenvalue weighted by Crippen LogP contribution is 2.39. The Hall–Kier alpha value is -1.98. The molecule has 2 aliphatic heterocycles. The highest BCUT2D eigenvalue weighted by Gasteiger charge is 2.41. The summed E-state index contributed by atoms with van der Waals surface area (Å²) in [4.78, 5) is 19.3. The first-order valence-corrected chi connectivity index (χ1v) is 9.59. The van der Waals surface area contributed by atoms with Crippen molar-refractivity contribution < 1.29 is 14.6 Å². The molecule has 2 fully saturated rings. The van der Waals surface area contributed by atoms with E-state index in [0.717, 1.165) is 49.5 Å². The Morgan fingerprint density at radius 3 is 2.88 bits per heavy atom. The maximum atomic E-state index is 13.0. The highest BCUT2D eigenvalue weighted by atomic mass is 16.5. The molecule has 1 N–H and O–H groups in total. The van der Waals surface area contributed by atoms with E-state index in [1.165, 1.54) is 0 Å². The number of aliphatic hydroxyl groups excluding tert-OH is 1. The standard InChI is InChI=1S/C21H26N2O3/c24-13-6-16-7-14-26-21(15-16)8-11-23(12-9-21)20(25)19-18-4-2-1-3-17(18)5-10-22-19/h1-5,10,16,24H,6-9,11-15H2. The lowest BCUT2D eigenvalue weighted by Crippen LogP contribution is -2.51. The molecule has 2 aromatic rings. The summed E-state index contributed by atoms with van der Waals surface area (Å²) in [5, 5.41) is 11.2. The van der Waals surface area contributed by atoms with Gasteiger partial charge in [-0.2, -0.15) is 0 Å². The van der Waals surface area contributed by atoms with Gasteiger partial charge >= 0.3 is 0 Å². The van der Waals surface area contributed by atoms with Gasteiger partial charge in [0.1, 0.15) is 5.69 Å². The summed E-state index contributed by atoms with van der Waals surface area (Å²) in [6, 6.07) is 9.84. The third-order valence-electron chi connectivity index (χ3n) is 5.97. The lowest BCUT2D eigenvalue weighted by molar-refractivity contribution is -0.125. The van der Waals surface area contributed by atoms with Gasteiger partial charge in [-0.3, -0.25) is 9.78 Å². The second kappa shape index (κ2) is 7.33. The lowest BCUT2D eigenvalue weighted by Gasteiger charge is -2.46. The van der Waals surface area contributed by atoms with E-state index >= 15 is 0 Å². The van der Waals surface area contributed by atoms with Crippen LogP contribution in [0.5, 0.6) is 0 Å². The fourth-order valence-electron chi connectivity index (χ4n) is 4.46. The van der Waals surface area contributed by atoms with Crippen LogP contribution in [0.2, 0.25) is 0 Å². The van der Waals surface area contributed by atoms with Gasteiger partial charge in [-0.1, -0.05) is 24.3 Å². The third-order valence-corrected chi connectivity index (χ3v) is 5.97. The molecule has 0 bridgehead atoms. The van der Waals surface area contributed by atoms with Crippen LogP contribution < -0.4 is 0 Å². The molecule has 0 radical (unpaired) electrons. The van der Waals surface area contributed by atoms with Crippen LogP contribution in [0.3, 0.4) is 0 Å². The Kier molecular flexibility index (Phi) is 4.92. The minimum Gasteiger partial charge on any atom is -0.396 e. The fourth-order valence-corrected chi connectivity index (χ4v) is 4.46. The Balaban J connectivity index is 1.47. The second-order valence-electron chi connectivity index (χ2n) is 7.58. The maximum absolute atomic E-state index is 13.0. The molecular weight excluding hydrogens is 328 g/mol. The van der Waals surface area contributed by atoms with Gasteiger partial charge in [-0.05, 0) is 49.5 Å². The second-order valence-corrected chi connectivity index (χ2v) is 7.58. The van der Waals surface area contributed by atoms with E-state index in [-0.39, 0.29) is 18.1 Å². The zero-order valence-electron chi connectivity index (χ0n) is 15.1. The minimum atomic E-state index is -0.110. The number of pyridine rings is 1. The zero-order valence-corrected chi connectivity index (χ0v) is 15.1. The molecule has 5 nitrogen and oxygen atoms in total. The van der Waals surface area contributed by atoms with E-state index in [4.69, 9.17) is 4.74 Å². The van der Waals surface area contributed by atoms with Gasteiger partial charge in [0.2, 0.25) is 0 Å². The zero-order chi connectivity index (χ0) is 18.0. The molecule has 138 valence electrons. The van der Waals surface area contributed by atoms with Crippen LogP contribution in [0.1, 0.15) is 42.6 Å². The molecular formula is C21H26N2O3. The first kappa shape index (κ1) is 17.4. The Morgan fingerprint density at radius 1 is 1.27 bits per heavy atom. The van der Waals surface area contributed by atoms with Crippen molar-refractivity contribution in [1.29, 1.82) is 0 Å². The lowest BCUT2D eigenvalue weighted by atomic mass is 9.78. The number of hydrogen-bond donors (Lipinski definition) is 1. The van der Waals surface area contributed by atoms with Crippen molar-refractivity contribution in [2.75, 3.05) is 26.3 Å². The molecule has 5 heteroatoms. The number of hydrogen-bond acceptors (Lipinski definition) is 4. The van der Waals surface area contributed by atoms with Crippen LogP contribution in [-0.4, -0.2) is 52.8 Å². The van der Waals surface area contributed by atoms with Crippen molar-refractivity contribution in [3.8, 4) is 0 Å². The van der Waals surface area contributed by atoms with Crippen LogP contribution in [0.4, 0.5) is 0 Å². The number of ether oxygens (including phenoxy) is 1. The molecule has 1 spiro atoms. The smallest absolute Gasteiger partial charge is 0.273 e. The summed E-state index contributed by atoms with van der Waals surface area (Å²) in [6.07, 6.45) is 6.34. The molecule has 1 amide bonds.